The standard InChI is InChI=1S/C21H18FNO5/c1-3-17(20(25)23-14-7-5-13(22)6-8-14)28-21(26)19-11-16(24)15-10-12(2)4-9-18(15)27-19/h4-11,17H,3H2,1-2H3,(H,23,25)/t17-/m0/s1. The molecule has 1 heterocycles. The van der Waals surface area contributed by atoms with Crippen molar-refractivity contribution in [3.63, 3.8) is 0 Å². The van der Waals surface area contributed by atoms with Gasteiger partial charge in [-0.15, -0.1) is 0 Å². The monoisotopic (exact) mass is 383 g/mol. The van der Waals surface area contributed by atoms with E-state index in [4.69, 9.17) is 9.15 Å². The Labute approximate surface area is 159 Å². The van der Waals surface area contributed by atoms with Crippen LogP contribution in [0.2, 0.25) is 0 Å². The van der Waals surface area contributed by atoms with Gasteiger partial charge in [0.1, 0.15) is 11.4 Å². The van der Waals surface area contributed by atoms with Crippen molar-refractivity contribution in [3.8, 4) is 0 Å². The van der Waals surface area contributed by atoms with Crippen molar-refractivity contribution >= 4 is 28.5 Å². The molecule has 0 aliphatic rings. The Morgan fingerprint density at radius 3 is 2.54 bits per heavy atom. The molecule has 1 atom stereocenters. The largest absolute Gasteiger partial charge is 0.449 e. The van der Waals surface area contributed by atoms with Gasteiger partial charge in [-0.25, -0.2) is 9.18 Å². The van der Waals surface area contributed by atoms with Crippen LogP contribution in [0.3, 0.4) is 0 Å². The van der Waals surface area contributed by atoms with E-state index in [2.05, 4.69) is 5.32 Å². The highest BCUT2D eigenvalue weighted by atomic mass is 19.1. The number of benzene rings is 2. The Bertz CT molecular complexity index is 1090. The SMILES string of the molecule is CC[C@H](OC(=O)c1cc(=O)c2cc(C)ccc2o1)C(=O)Nc1ccc(F)cc1. The molecule has 0 unspecified atom stereocenters. The van der Waals surface area contributed by atoms with Crippen molar-refractivity contribution < 1.29 is 23.1 Å². The predicted octanol–water partition coefficient (Wildman–Crippen LogP) is 3.81. The summed E-state index contributed by atoms with van der Waals surface area (Å²) in [5.41, 5.74) is 1.14. The molecule has 6 nitrogen and oxygen atoms in total. The van der Waals surface area contributed by atoms with Gasteiger partial charge in [0.25, 0.3) is 5.91 Å². The number of nitrogens with one attached hydrogen (secondary N) is 1. The minimum atomic E-state index is -1.10. The van der Waals surface area contributed by atoms with E-state index in [1.807, 2.05) is 6.92 Å². The lowest BCUT2D eigenvalue weighted by Crippen LogP contribution is -2.32. The Balaban J connectivity index is 1.77. The van der Waals surface area contributed by atoms with E-state index in [0.717, 1.165) is 11.6 Å². The maximum Gasteiger partial charge on any atom is 0.375 e. The number of carbonyl (C=O) groups is 2. The lowest BCUT2D eigenvalue weighted by molar-refractivity contribution is -0.124. The second-order valence-electron chi connectivity index (χ2n) is 6.27. The minimum absolute atomic E-state index is 0.204. The zero-order valence-electron chi connectivity index (χ0n) is 15.3. The second kappa shape index (κ2) is 8.04. The number of carbonyl (C=O) groups excluding carboxylic acids is 2. The number of ether oxygens (including phenoxy) is 1. The van der Waals surface area contributed by atoms with Gasteiger partial charge in [0.15, 0.2) is 11.5 Å². The summed E-state index contributed by atoms with van der Waals surface area (Å²) < 4.78 is 23.6. The molecule has 7 heteroatoms. The summed E-state index contributed by atoms with van der Waals surface area (Å²) in [6.45, 7) is 3.51. The number of halogens is 1. The van der Waals surface area contributed by atoms with Crippen LogP contribution in [0.5, 0.6) is 0 Å². The fourth-order valence-electron chi connectivity index (χ4n) is 2.64. The lowest BCUT2D eigenvalue weighted by atomic mass is 10.1. The molecule has 3 rings (SSSR count). The second-order valence-corrected chi connectivity index (χ2v) is 6.27. The third-order valence-corrected chi connectivity index (χ3v) is 4.11. The Morgan fingerprint density at radius 2 is 1.86 bits per heavy atom. The Kier molecular flexibility index (Phi) is 5.54. The van der Waals surface area contributed by atoms with Crippen LogP contribution in [0.15, 0.2) is 57.7 Å². The lowest BCUT2D eigenvalue weighted by Gasteiger charge is -2.15. The summed E-state index contributed by atoms with van der Waals surface area (Å²) in [4.78, 5) is 37.0. The van der Waals surface area contributed by atoms with Crippen molar-refractivity contribution in [2.24, 2.45) is 0 Å². The van der Waals surface area contributed by atoms with Crippen LogP contribution in [0.25, 0.3) is 11.0 Å². The van der Waals surface area contributed by atoms with Gasteiger partial charge >= 0.3 is 5.97 Å². The molecule has 0 radical (unpaired) electrons. The highest BCUT2D eigenvalue weighted by Gasteiger charge is 2.24. The van der Waals surface area contributed by atoms with Gasteiger partial charge in [-0.1, -0.05) is 18.6 Å². The average Bonchev–Trinajstić information content (AvgIpc) is 2.68. The summed E-state index contributed by atoms with van der Waals surface area (Å²) in [5.74, 6) is -2.20. The number of aryl methyl sites for hydroxylation is 1. The molecule has 0 spiro atoms. The number of fused-ring (bicyclic) bond motifs is 1. The van der Waals surface area contributed by atoms with E-state index in [9.17, 15) is 18.8 Å². The molecule has 0 saturated heterocycles. The van der Waals surface area contributed by atoms with Crippen molar-refractivity contribution in [2.75, 3.05) is 5.32 Å². The third-order valence-electron chi connectivity index (χ3n) is 4.11. The van der Waals surface area contributed by atoms with Crippen LogP contribution < -0.4 is 10.7 Å². The number of amides is 1. The maximum absolute atomic E-state index is 13.0. The quantitative estimate of drug-likeness (QED) is 0.677. The van der Waals surface area contributed by atoms with E-state index < -0.39 is 23.8 Å². The summed E-state index contributed by atoms with van der Waals surface area (Å²) in [7, 11) is 0. The maximum atomic E-state index is 13.0. The Morgan fingerprint density at radius 1 is 1.14 bits per heavy atom. The normalized spacial score (nSPS) is 11.8. The number of hydrogen-bond donors (Lipinski definition) is 1. The first-order valence-electron chi connectivity index (χ1n) is 8.69. The summed E-state index contributed by atoms with van der Waals surface area (Å²) in [6.07, 6.45) is -0.896. The number of esters is 1. The van der Waals surface area contributed by atoms with Crippen molar-refractivity contribution in [1.29, 1.82) is 0 Å². The van der Waals surface area contributed by atoms with E-state index in [-0.39, 0.29) is 23.2 Å². The van der Waals surface area contributed by atoms with Gasteiger partial charge in [-0.2, -0.15) is 0 Å². The molecule has 2 aromatic carbocycles. The smallest absolute Gasteiger partial charge is 0.375 e. The van der Waals surface area contributed by atoms with Crippen LogP contribution in [-0.2, 0) is 9.53 Å². The predicted molar refractivity (Wildman–Crippen MR) is 102 cm³/mol. The first-order chi connectivity index (χ1) is 13.4. The molecule has 1 N–H and O–H groups in total. The van der Waals surface area contributed by atoms with Gasteiger partial charge in [-0.05, 0) is 49.7 Å². The molecular weight excluding hydrogens is 365 g/mol. The van der Waals surface area contributed by atoms with Crippen molar-refractivity contribution in [3.05, 3.63) is 75.9 Å². The molecule has 0 aliphatic carbocycles. The highest BCUT2D eigenvalue weighted by molar-refractivity contribution is 5.97. The number of anilines is 1. The molecule has 0 aliphatic heterocycles. The van der Waals surface area contributed by atoms with Gasteiger partial charge in [0.2, 0.25) is 5.76 Å². The molecule has 0 bridgehead atoms. The fraction of sp³-hybridized carbons (Fsp3) is 0.190. The van der Waals surface area contributed by atoms with Gasteiger partial charge in [0, 0.05) is 11.8 Å². The van der Waals surface area contributed by atoms with Crippen LogP contribution in [-0.4, -0.2) is 18.0 Å². The van der Waals surface area contributed by atoms with Crippen LogP contribution in [0, 0.1) is 12.7 Å². The minimum Gasteiger partial charge on any atom is -0.449 e. The molecular formula is C21H18FNO5. The number of rotatable bonds is 5. The summed E-state index contributed by atoms with van der Waals surface area (Å²) in [6, 6.07) is 11.3. The first kappa shape index (κ1) is 19.3. The highest BCUT2D eigenvalue weighted by Crippen LogP contribution is 2.16. The summed E-state index contributed by atoms with van der Waals surface area (Å²) in [5, 5.41) is 2.91. The average molecular weight is 383 g/mol. The molecule has 1 amide bonds. The molecule has 1 aromatic heterocycles. The van der Waals surface area contributed by atoms with Gasteiger partial charge in [-0.3, -0.25) is 9.59 Å². The van der Waals surface area contributed by atoms with Crippen molar-refractivity contribution in [1.82, 2.24) is 0 Å². The van der Waals surface area contributed by atoms with Crippen LogP contribution in [0.1, 0.15) is 29.5 Å². The molecule has 144 valence electrons. The zero-order valence-corrected chi connectivity index (χ0v) is 15.3. The number of hydrogen-bond acceptors (Lipinski definition) is 5. The van der Waals surface area contributed by atoms with E-state index in [0.29, 0.717) is 11.1 Å². The van der Waals surface area contributed by atoms with Crippen LogP contribution in [0.4, 0.5) is 10.1 Å². The van der Waals surface area contributed by atoms with Gasteiger partial charge in [0.05, 0.1) is 5.39 Å². The van der Waals surface area contributed by atoms with Gasteiger partial charge < -0.3 is 14.5 Å². The first-order valence-corrected chi connectivity index (χ1v) is 8.69. The Hall–Kier alpha value is -3.48. The van der Waals surface area contributed by atoms with Crippen molar-refractivity contribution in [2.45, 2.75) is 26.4 Å². The van der Waals surface area contributed by atoms with Crippen LogP contribution >= 0.6 is 0 Å². The molecule has 0 saturated carbocycles. The fourth-order valence-corrected chi connectivity index (χ4v) is 2.64. The third kappa shape index (κ3) is 4.25. The van der Waals surface area contributed by atoms with E-state index in [1.54, 1.807) is 25.1 Å². The summed E-state index contributed by atoms with van der Waals surface area (Å²) >= 11 is 0. The molecule has 0 fully saturated rings. The van der Waals surface area contributed by atoms with E-state index >= 15 is 0 Å². The zero-order chi connectivity index (χ0) is 20.3. The van der Waals surface area contributed by atoms with E-state index in [1.165, 1.54) is 24.3 Å². The topological polar surface area (TPSA) is 85.6 Å². The molecule has 3 aromatic rings. The molecule has 28 heavy (non-hydrogen) atoms.